The van der Waals surface area contributed by atoms with Gasteiger partial charge in [0.25, 0.3) is 0 Å². The van der Waals surface area contributed by atoms with Crippen LogP contribution in [0, 0.1) is 0 Å². The summed E-state index contributed by atoms with van der Waals surface area (Å²) in [4.78, 5) is 7.24. The third kappa shape index (κ3) is 4.70. The summed E-state index contributed by atoms with van der Waals surface area (Å²) in [6.07, 6.45) is 1.05. The summed E-state index contributed by atoms with van der Waals surface area (Å²) in [7, 11) is 5.90. The van der Waals surface area contributed by atoms with Gasteiger partial charge in [0.2, 0.25) is 0 Å². The fraction of sp³-hybridized carbons (Fsp3) is 0.222. The second kappa shape index (κ2) is 9.63. The van der Waals surface area contributed by atoms with E-state index in [1.54, 1.807) is 7.11 Å². The molecule has 0 radical (unpaired) electrons. The average molecular weight is 412 g/mol. The number of nitrogens with one attached hydrogen (secondary N) is 1. The molecule has 4 rings (SSSR count). The standard InChI is InChI=1S/C27H29N3O/c1-30(2)19-9-18-28-27-26(21-14-16-22(31-3)17-15-21)25(20-10-5-4-6-11-20)23-12-7-8-13-24(23)29-27/h4-8,10-17H,9,18-19H2,1-3H3,(H,28,29). The molecule has 4 aromatic rings. The number of aromatic nitrogens is 1. The fourth-order valence-corrected chi connectivity index (χ4v) is 3.89. The summed E-state index contributed by atoms with van der Waals surface area (Å²) < 4.78 is 5.39. The first kappa shape index (κ1) is 20.9. The van der Waals surface area contributed by atoms with Crippen LogP contribution in [0.25, 0.3) is 33.2 Å². The molecule has 0 saturated carbocycles. The highest BCUT2D eigenvalue weighted by Crippen LogP contribution is 2.42. The Hall–Kier alpha value is -3.37. The minimum Gasteiger partial charge on any atom is -0.497 e. The maximum absolute atomic E-state index is 5.39. The highest BCUT2D eigenvalue weighted by Gasteiger charge is 2.18. The van der Waals surface area contributed by atoms with Crippen molar-refractivity contribution < 1.29 is 4.74 Å². The number of hydrogen-bond donors (Lipinski definition) is 1. The van der Waals surface area contributed by atoms with Crippen molar-refractivity contribution in [3.63, 3.8) is 0 Å². The third-order valence-corrected chi connectivity index (χ3v) is 5.41. The molecule has 0 bridgehead atoms. The minimum absolute atomic E-state index is 0.847. The molecule has 0 aliphatic heterocycles. The Morgan fingerprint density at radius 1 is 0.806 bits per heavy atom. The van der Waals surface area contributed by atoms with Crippen LogP contribution in [0.1, 0.15) is 6.42 Å². The lowest BCUT2D eigenvalue weighted by molar-refractivity contribution is 0.405. The van der Waals surface area contributed by atoms with E-state index < -0.39 is 0 Å². The summed E-state index contributed by atoms with van der Waals surface area (Å²) >= 11 is 0. The first-order valence-corrected chi connectivity index (χ1v) is 10.7. The third-order valence-electron chi connectivity index (χ3n) is 5.41. The Morgan fingerprint density at radius 3 is 2.19 bits per heavy atom. The molecular formula is C27H29N3O. The SMILES string of the molecule is COc1ccc(-c2c(NCCCN(C)C)nc3ccccc3c2-c2ccccc2)cc1. The van der Waals surface area contributed by atoms with Crippen LogP contribution >= 0.6 is 0 Å². The Morgan fingerprint density at radius 2 is 1.48 bits per heavy atom. The van der Waals surface area contributed by atoms with E-state index >= 15 is 0 Å². The Kier molecular flexibility index (Phi) is 6.48. The van der Waals surface area contributed by atoms with Gasteiger partial charge in [0.05, 0.1) is 12.6 Å². The molecule has 158 valence electrons. The number of nitrogens with zero attached hydrogens (tertiary/aromatic N) is 2. The van der Waals surface area contributed by atoms with E-state index in [0.717, 1.165) is 53.1 Å². The van der Waals surface area contributed by atoms with Gasteiger partial charge < -0.3 is 15.0 Å². The van der Waals surface area contributed by atoms with Crippen molar-refractivity contribution in [3.05, 3.63) is 78.9 Å². The van der Waals surface area contributed by atoms with Gasteiger partial charge in [0, 0.05) is 23.1 Å². The van der Waals surface area contributed by atoms with Crippen molar-refractivity contribution in [2.24, 2.45) is 0 Å². The van der Waals surface area contributed by atoms with Gasteiger partial charge in [-0.25, -0.2) is 4.98 Å². The van der Waals surface area contributed by atoms with E-state index in [1.165, 1.54) is 11.1 Å². The van der Waals surface area contributed by atoms with Crippen molar-refractivity contribution in [2.75, 3.05) is 39.6 Å². The molecule has 0 unspecified atom stereocenters. The fourth-order valence-electron chi connectivity index (χ4n) is 3.89. The summed E-state index contributed by atoms with van der Waals surface area (Å²) in [6.45, 7) is 1.89. The number of anilines is 1. The first-order chi connectivity index (χ1) is 15.2. The largest absolute Gasteiger partial charge is 0.497 e. The molecule has 0 aliphatic carbocycles. The Labute approximate surface area is 184 Å². The second-order valence-corrected chi connectivity index (χ2v) is 7.91. The Balaban J connectivity index is 1.91. The van der Waals surface area contributed by atoms with Gasteiger partial charge >= 0.3 is 0 Å². The number of benzene rings is 3. The van der Waals surface area contributed by atoms with Crippen LogP contribution in [0.5, 0.6) is 5.75 Å². The molecule has 3 aromatic carbocycles. The van der Waals surface area contributed by atoms with E-state index in [9.17, 15) is 0 Å². The van der Waals surface area contributed by atoms with Gasteiger partial charge in [-0.1, -0.05) is 60.7 Å². The van der Waals surface area contributed by atoms with Crippen LogP contribution in [0.15, 0.2) is 78.9 Å². The lowest BCUT2D eigenvalue weighted by Gasteiger charge is -2.19. The van der Waals surface area contributed by atoms with Gasteiger partial charge in [-0.15, -0.1) is 0 Å². The second-order valence-electron chi connectivity index (χ2n) is 7.91. The molecule has 0 saturated heterocycles. The zero-order valence-electron chi connectivity index (χ0n) is 18.4. The number of rotatable bonds is 8. The van der Waals surface area contributed by atoms with Crippen molar-refractivity contribution in [2.45, 2.75) is 6.42 Å². The number of pyridine rings is 1. The monoisotopic (exact) mass is 411 g/mol. The number of para-hydroxylation sites is 1. The Bertz CT molecular complexity index is 1140. The molecular weight excluding hydrogens is 382 g/mol. The maximum Gasteiger partial charge on any atom is 0.135 e. The predicted molar refractivity (Wildman–Crippen MR) is 131 cm³/mol. The van der Waals surface area contributed by atoms with E-state index in [0.29, 0.717) is 0 Å². The van der Waals surface area contributed by atoms with E-state index in [-0.39, 0.29) is 0 Å². The van der Waals surface area contributed by atoms with Gasteiger partial charge in [-0.3, -0.25) is 0 Å². The lowest BCUT2D eigenvalue weighted by Crippen LogP contribution is -2.17. The van der Waals surface area contributed by atoms with Crippen molar-refractivity contribution in [1.29, 1.82) is 0 Å². The predicted octanol–water partition coefficient (Wildman–Crippen LogP) is 5.94. The molecule has 0 fully saturated rings. The number of ether oxygens (including phenoxy) is 1. The minimum atomic E-state index is 0.847. The summed E-state index contributed by atoms with van der Waals surface area (Å²) in [5.74, 6) is 1.76. The van der Waals surface area contributed by atoms with Crippen LogP contribution in [0.2, 0.25) is 0 Å². The first-order valence-electron chi connectivity index (χ1n) is 10.7. The van der Waals surface area contributed by atoms with Crippen LogP contribution in [0.4, 0.5) is 5.82 Å². The topological polar surface area (TPSA) is 37.4 Å². The highest BCUT2D eigenvalue weighted by atomic mass is 16.5. The highest BCUT2D eigenvalue weighted by molar-refractivity contribution is 6.06. The lowest BCUT2D eigenvalue weighted by atomic mass is 9.91. The molecule has 1 aromatic heterocycles. The van der Waals surface area contributed by atoms with Gasteiger partial charge in [-0.05, 0) is 56.4 Å². The van der Waals surface area contributed by atoms with E-state index in [4.69, 9.17) is 9.72 Å². The van der Waals surface area contributed by atoms with Crippen LogP contribution in [-0.2, 0) is 0 Å². The summed E-state index contributed by atoms with van der Waals surface area (Å²) in [5.41, 5.74) is 5.62. The molecule has 0 aliphatic rings. The van der Waals surface area contributed by atoms with Crippen LogP contribution in [0.3, 0.4) is 0 Å². The number of methoxy groups -OCH3 is 1. The molecule has 0 atom stereocenters. The molecule has 0 amide bonds. The molecule has 4 nitrogen and oxygen atoms in total. The molecule has 1 heterocycles. The number of fused-ring (bicyclic) bond motifs is 1. The van der Waals surface area contributed by atoms with Crippen molar-refractivity contribution in [1.82, 2.24) is 9.88 Å². The summed E-state index contributed by atoms with van der Waals surface area (Å²) in [6, 6.07) is 27.2. The van der Waals surface area contributed by atoms with Crippen LogP contribution in [-0.4, -0.2) is 44.2 Å². The number of hydrogen-bond acceptors (Lipinski definition) is 4. The van der Waals surface area contributed by atoms with Crippen molar-refractivity contribution in [3.8, 4) is 28.0 Å². The molecule has 0 spiro atoms. The zero-order chi connectivity index (χ0) is 21.6. The van der Waals surface area contributed by atoms with Gasteiger partial charge in [-0.2, -0.15) is 0 Å². The maximum atomic E-state index is 5.39. The van der Waals surface area contributed by atoms with E-state index in [2.05, 4.69) is 85.0 Å². The molecule has 1 N–H and O–H groups in total. The normalized spacial score (nSPS) is 11.1. The van der Waals surface area contributed by atoms with Gasteiger partial charge in [0.15, 0.2) is 0 Å². The molecule has 31 heavy (non-hydrogen) atoms. The smallest absolute Gasteiger partial charge is 0.135 e. The average Bonchev–Trinajstić information content (AvgIpc) is 2.81. The quantitative estimate of drug-likeness (QED) is 0.364. The van der Waals surface area contributed by atoms with Crippen molar-refractivity contribution >= 4 is 16.7 Å². The van der Waals surface area contributed by atoms with Gasteiger partial charge in [0.1, 0.15) is 11.6 Å². The van der Waals surface area contributed by atoms with E-state index in [1.807, 2.05) is 18.2 Å². The zero-order valence-corrected chi connectivity index (χ0v) is 18.4. The molecule has 4 heteroatoms. The summed E-state index contributed by atoms with van der Waals surface area (Å²) in [5, 5.41) is 4.78. The van der Waals surface area contributed by atoms with Crippen LogP contribution < -0.4 is 10.1 Å².